The Labute approximate surface area is 153 Å². The van der Waals surface area contributed by atoms with Crippen LogP contribution in [0.2, 0.25) is 0 Å². The van der Waals surface area contributed by atoms with Crippen molar-refractivity contribution in [2.24, 2.45) is 0 Å². The van der Waals surface area contributed by atoms with Crippen molar-refractivity contribution in [3.63, 3.8) is 0 Å². The van der Waals surface area contributed by atoms with Gasteiger partial charge in [0.15, 0.2) is 0 Å². The van der Waals surface area contributed by atoms with Crippen LogP contribution in [0.5, 0.6) is 0 Å². The van der Waals surface area contributed by atoms with Crippen LogP contribution in [-0.4, -0.2) is 8.42 Å². The van der Waals surface area contributed by atoms with Crippen LogP contribution in [0.15, 0.2) is 46.2 Å². The number of halogens is 2. The van der Waals surface area contributed by atoms with Gasteiger partial charge in [-0.3, -0.25) is 0 Å². The van der Waals surface area contributed by atoms with E-state index < -0.39 is 9.84 Å². The minimum absolute atomic E-state index is 0.428. The van der Waals surface area contributed by atoms with Crippen molar-refractivity contribution >= 4 is 55.0 Å². The molecule has 0 fully saturated rings. The Morgan fingerprint density at radius 1 is 0.810 bits per heavy atom. The minimum Gasteiger partial charge on any atom is -0.218 e. The van der Waals surface area contributed by atoms with Gasteiger partial charge < -0.3 is 0 Å². The molecule has 2 aromatic rings. The molecular formula is C16H16I2O2S. The molecule has 0 saturated carbocycles. The van der Waals surface area contributed by atoms with Crippen LogP contribution in [0.1, 0.15) is 22.3 Å². The maximum absolute atomic E-state index is 13.0. The lowest BCUT2D eigenvalue weighted by atomic mass is 10.2. The monoisotopic (exact) mass is 526 g/mol. The lowest BCUT2D eigenvalue weighted by Crippen LogP contribution is -2.08. The molecular weight excluding hydrogens is 510 g/mol. The van der Waals surface area contributed by atoms with Crippen molar-refractivity contribution in [2.75, 3.05) is 0 Å². The lowest BCUT2D eigenvalue weighted by molar-refractivity contribution is 0.595. The second-order valence-corrected chi connectivity index (χ2v) is 8.41. The molecule has 0 aliphatic rings. The molecule has 2 nitrogen and oxygen atoms in total. The molecule has 2 rings (SSSR count). The summed E-state index contributed by atoms with van der Waals surface area (Å²) in [5.74, 6) is 0. The van der Waals surface area contributed by atoms with Crippen LogP contribution in [0.25, 0.3) is 0 Å². The van der Waals surface area contributed by atoms with E-state index in [1.807, 2.05) is 38.1 Å². The second-order valence-electron chi connectivity index (χ2n) is 4.99. The summed E-state index contributed by atoms with van der Waals surface area (Å²) in [4.78, 5) is 0.856. The van der Waals surface area contributed by atoms with E-state index in [4.69, 9.17) is 0 Å². The van der Waals surface area contributed by atoms with Gasteiger partial charge in [0.05, 0.1) is 9.79 Å². The number of sulfone groups is 1. The maximum atomic E-state index is 13.0. The zero-order valence-corrected chi connectivity index (χ0v) is 17.0. The van der Waals surface area contributed by atoms with Crippen molar-refractivity contribution in [3.05, 3.63) is 58.7 Å². The van der Waals surface area contributed by atoms with E-state index in [-0.39, 0.29) is 0 Å². The van der Waals surface area contributed by atoms with E-state index in [0.29, 0.717) is 18.6 Å². The lowest BCUT2D eigenvalue weighted by Gasteiger charge is -2.13. The summed E-state index contributed by atoms with van der Waals surface area (Å²) in [6, 6.07) is 11.1. The van der Waals surface area contributed by atoms with Gasteiger partial charge in [-0.05, 0) is 37.1 Å². The van der Waals surface area contributed by atoms with Gasteiger partial charge in [0.25, 0.3) is 0 Å². The number of hydrogen-bond donors (Lipinski definition) is 0. The average Bonchev–Trinajstić information content (AvgIpc) is 2.46. The summed E-state index contributed by atoms with van der Waals surface area (Å²) in [6.45, 7) is 3.96. The molecule has 0 N–H and O–H groups in total. The Bertz CT molecular complexity index is 708. The SMILES string of the molecule is Cc1ccc(S(=O)(=O)c2ccc(C)cc2CI)c(CI)c1. The van der Waals surface area contributed by atoms with Gasteiger partial charge in [0.1, 0.15) is 0 Å². The molecule has 21 heavy (non-hydrogen) atoms. The largest absolute Gasteiger partial charge is 0.218 e. The third-order valence-corrected chi connectivity index (χ3v) is 6.90. The van der Waals surface area contributed by atoms with Crippen molar-refractivity contribution in [1.82, 2.24) is 0 Å². The van der Waals surface area contributed by atoms with E-state index in [2.05, 4.69) is 45.2 Å². The molecule has 2 aromatic carbocycles. The second kappa shape index (κ2) is 6.95. The van der Waals surface area contributed by atoms with Gasteiger partial charge >= 0.3 is 0 Å². The topological polar surface area (TPSA) is 34.1 Å². The standard InChI is InChI=1S/C16H16I2O2S/c1-11-3-5-15(13(7-11)9-17)21(19,20)16-6-4-12(2)8-14(16)10-18/h3-8H,9-10H2,1-2H3. The Kier molecular flexibility index (Phi) is 5.70. The number of hydrogen-bond acceptors (Lipinski definition) is 2. The van der Waals surface area contributed by atoms with Crippen LogP contribution in [0.3, 0.4) is 0 Å². The first-order chi connectivity index (χ1) is 9.90. The van der Waals surface area contributed by atoms with Crippen LogP contribution < -0.4 is 0 Å². The van der Waals surface area contributed by atoms with Gasteiger partial charge in [-0.25, -0.2) is 8.42 Å². The molecule has 5 heteroatoms. The highest BCUT2D eigenvalue weighted by molar-refractivity contribution is 14.1. The Hall–Kier alpha value is -0.150. The van der Waals surface area contributed by atoms with Gasteiger partial charge in [-0.15, -0.1) is 0 Å². The first-order valence-corrected chi connectivity index (χ1v) is 11.0. The van der Waals surface area contributed by atoms with E-state index in [1.165, 1.54) is 0 Å². The summed E-state index contributed by atoms with van der Waals surface area (Å²) in [6.07, 6.45) is 0. The van der Waals surface area contributed by atoms with E-state index in [1.54, 1.807) is 12.1 Å². The average molecular weight is 526 g/mol. The zero-order valence-electron chi connectivity index (χ0n) is 11.9. The zero-order chi connectivity index (χ0) is 15.6. The van der Waals surface area contributed by atoms with Gasteiger partial charge in [0.2, 0.25) is 9.84 Å². The molecule has 0 aliphatic carbocycles. The molecule has 112 valence electrons. The van der Waals surface area contributed by atoms with Crippen LogP contribution in [0.4, 0.5) is 0 Å². The predicted molar refractivity (Wildman–Crippen MR) is 103 cm³/mol. The number of aryl methyl sites for hydroxylation is 2. The van der Waals surface area contributed by atoms with Crippen LogP contribution >= 0.6 is 45.2 Å². The number of benzene rings is 2. The summed E-state index contributed by atoms with van der Waals surface area (Å²) in [5.41, 5.74) is 3.91. The molecule has 0 unspecified atom stereocenters. The quantitative estimate of drug-likeness (QED) is 0.415. The maximum Gasteiger partial charge on any atom is 0.207 e. The predicted octanol–water partition coefficient (Wildman–Crippen LogP) is 5.01. The fourth-order valence-electron chi connectivity index (χ4n) is 2.27. The van der Waals surface area contributed by atoms with E-state index in [0.717, 1.165) is 22.3 Å². The Morgan fingerprint density at radius 2 is 1.19 bits per heavy atom. The Morgan fingerprint density at radius 3 is 1.52 bits per heavy atom. The van der Waals surface area contributed by atoms with Crippen molar-refractivity contribution < 1.29 is 8.42 Å². The molecule has 0 bridgehead atoms. The number of alkyl halides is 2. The first kappa shape index (κ1) is 17.2. The molecule has 0 aromatic heterocycles. The third kappa shape index (κ3) is 3.61. The van der Waals surface area contributed by atoms with E-state index in [9.17, 15) is 8.42 Å². The smallest absolute Gasteiger partial charge is 0.207 e. The molecule has 0 spiro atoms. The van der Waals surface area contributed by atoms with Crippen molar-refractivity contribution in [1.29, 1.82) is 0 Å². The number of rotatable bonds is 4. The summed E-state index contributed by atoms with van der Waals surface area (Å²) < 4.78 is 27.4. The first-order valence-electron chi connectivity index (χ1n) is 6.46. The molecule has 0 heterocycles. The van der Waals surface area contributed by atoms with Gasteiger partial charge in [-0.1, -0.05) is 80.6 Å². The minimum atomic E-state index is -3.47. The third-order valence-electron chi connectivity index (χ3n) is 3.30. The highest BCUT2D eigenvalue weighted by Gasteiger charge is 2.23. The molecule has 0 radical (unpaired) electrons. The van der Waals surface area contributed by atoms with Crippen LogP contribution in [-0.2, 0) is 18.7 Å². The molecule has 0 atom stereocenters. The molecule has 0 saturated heterocycles. The summed E-state index contributed by atoms with van der Waals surface area (Å²) in [7, 11) is -3.47. The fraction of sp³-hybridized carbons (Fsp3) is 0.250. The van der Waals surface area contributed by atoms with E-state index >= 15 is 0 Å². The highest BCUT2D eigenvalue weighted by Crippen LogP contribution is 2.30. The Balaban J connectivity index is 2.68. The van der Waals surface area contributed by atoms with Crippen molar-refractivity contribution in [2.45, 2.75) is 32.5 Å². The fourth-order valence-corrected chi connectivity index (χ4v) is 5.73. The normalized spacial score (nSPS) is 11.6. The highest BCUT2D eigenvalue weighted by atomic mass is 127. The summed E-state index contributed by atoms with van der Waals surface area (Å²) >= 11 is 4.42. The summed E-state index contributed by atoms with van der Waals surface area (Å²) in [5, 5.41) is 0. The molecule has 0 aliphatic heterocycles. The van der Waals surface area contributed by atoms with Gasteiger partial charge in [-0.2, -0.15) is 0 Å². The van der Waals surface area contributed by atoms with Crippen LogP contribution in [0, 0.1) is 13.8 Å². The van der Waals surface area contributed by atoms with Crippen molar-refractivity contribution in [3.8, 4) is 0 Å². The van der Waals surface area contributed by atoms with Gasteiger partial charge in [0, 0.05) is 8.86 Å². The molecule has 0 amide bonds.